The molecule has 0 radical (unpaired) electrons. The predicted octanol–water partition coefficient (Wildman–Crippen LogP) is -2.94. The van der Waals surface area contributed by atoms with Crippen molar-refractivity contribution in [2.24, 2.45) is 0 Å². The number of fused-ring (bicyclic) bond motifs is 2. The van der Waals surface area contributed by atoms with E-state index in [9.17, 15) is 35.1 Å². The molecule has 0 aliphatic carbocycles. The van der Waals surface area contributed by atoms with E-state index in [-0.39, 0.29) is 60.3 Å². The summed E-state index contributed by atoms with van der Waals surface area (Å²) in [6.45, 7) is 0.842. The molecule has 2 saturated heterocycles. The van der Waals surface area contributed by atoms with Gasteiger partial charge in [-0.1, -0.05) is 0 Å². The Morgan fingerprint density at radius 1 is 0.881 bits per heavy atom. The van der Waals surface area contributed by atoms with Gasteiger partial charge in [-0.2, -0.15) is 9.97 Å². The third kappa shape index (κ3) is 5.00. The molecule has 6 heterocycles. The van der Waals surface area contributed by atoms with Crippen LogP contribution in [0.1, 0.15) is 32.2 Å². The van der Waals surface area contributed by atoms with E-state index in [1.165, 1.54) is 21.8 Å². The van der Waals surface area contributed by atoms with Gasteiger partial charge in [0, 0.05) is 12.8 Å². The first-order valence-electron chi connectivity index (χ1n) is 13.2. The second-order valence-electron chi connectivity index (χ2n) is 10.2. The summed E-state index contributed by atoms with van der Waals surface area (Å²) in [7, 11) is 0. The lowest BCUT2D eigenvalue weighted by Crippen LogP contribution is -2.38. The molecule has 4 aromatic heterocycles. The Hall–Kier alpha value is -3.98. The van der Waals surface area contributed by atoms with Gasteiger partial charge in [0.05, 0.1) is 44.1 Å². The molecule has 1 unspecified atom stereocenters. The fourth-order valence-electron chi connectivity index (χ4n) is 5.07. The van der Waals surface area contributed by atoms with Crippen molar-refractivity contribution in [1.29, 1.82) is 0 Å². The standard InChI is InChI=1S/C23H30N10O9/c1-8(26-22-27-17-15(20(39)30-22)24-6-32(17)13-2-9(36)11(4-34)41-13)19(38)29-23-28-18-16(21(40)31-23)25-7-33(18)14-3-10(37)12(5-35)42-14/h6-14,19,34-38H,2-5H2,1H3,(H2,26,27,30,39)(H2,28,29,31,40)/t8?,9-,10-,11+,12+,13+,14+,19+/m0/s1. The minimum absolute atomic E-state index is 0.00483. The van der Waals surface area contributed by atoms with E-state index >= 15 is 0 Å². The molecule has 19 nitrogen and oxygen atoms in total. The van der Waals surface area contributed by atoms with Crippen LogP contribution in [0.5, 0.6) is 0 Å². The molecular weight excluding hydrogens is 560 g/mol. The average molecular weight is 591 g/mol. The number of aliphatic hydroxyl groups excluding tert-OH is 5. The van der Waals surface area contributed by atoms with E-state index in [1.54, 1.807) is 6.92 Å². The molecule has 2 fully saturated rings. The van der Waals surface area contributed by atoms with Gasteiger partial charge in [0.25, 0.3) is 11.1 Å². The van der Waals surface area contributed by atoms with Crippen LogP contribution in [0.2, 0.25) is 0 Å². The summed E-state index contributed by atoms with van der Waals surface area (Å²) in [5.41, 5.74) is -0.786. The summed E-state index contributed by atoms with van der Waals surface area (Å²) >= 11 is 0. The normalized spacial score (nSPS) is 27.6. The van der Waals surface area contributed by atoms with Gasteiger partial charge >= 0.3 is 0 Å². The van der Waals surface area contributed by atoms with E-state index in [0.717, 1.165) is 0 Å². The average Bonchev–Trinajstić information content (AvgIpc) is 3.73. The van der Waals surface area contributed by atoms with Crippen LogP contribution in [-0.2, 0) is 9.47 Å². The van der Waals surface area contributed by atoms with Crippen molar-refractivity contribution in [3.05, 3.63) is 33.4 Å². The van der Waals surface area contributed by atoms with Crippen LogP contribution in [0.15, 0.2) is 22.2 Å². The second-order valence-corrected chi connectivity index (χ2v) is 10.2. The number of aliphatic hydroxyl groups is 5. The first-order valence-corrected chi connectivity index (χ1v) is 13.2. The molecule has 0 spiro atoms. The molecule has 2 aliphatic rings. The third-order valence-electron chi connectivity index (χ3n) is 7.38. The summed E-state index contributed by atoms with van der Waals surface area (Å²) in [6, 6.07) is -0.796. The number of hydrogen-bond donors (Lipinski definition) is 9. The summed E-state index contributed by atoms with van der Waals surface area (Å²) in [6.07, 6.45) is -3.11. The Bertz CT molecular complexity index is 1580. The largest absolute Gasteiger partial charge is 0.394 e. The molecule has 4 aromatic rings. The molecule has 0 amide bonds. The van der Waals surface area contributed by atoms with Gasteiger partial charge in [0.1, 0.15) is 30.9 Å². The quantitative estimate of drug-likeness (QED) is 0.0883. The fourth-order valence-corrected chi connectivity index (χ4v) is 5.07. The molecule has 0 bridgehead atoms. The molecule has 42 heavy (non-hydrogen) atoms. The number of rotatable bonds is 9. The lowest BCUT2D eigenvalue weighted by atomic mass is 10.2. The second kappa shape index (κ2) is 11.0. The summed E-state index contributed by atoms with van der Waals surface area (Å²) in [5, 5.41) is 55.4. The Labute approximate surface area is 234 Å². The van der Waals surface area contributed by atoms with Gasteiger partial charge in [-0.05, 0) is 6.92 Å². The fraction of sp³-hybridized carbons (Fsp3) is 0.565. The van der Waals surface area contributed by atoms with Crippen LogP contribution in [0, 0.1) is 0 Å². The highest BCUT2D eigenvalue weighted by Gasteiger charge is 2.36. The number of aromatic amines is 2. The van der Waals surface area contributed by atoms with Crippen LogP contribution in [0.3, 0.4) is 0 Å². The highest BCUT2D eigenvalue weighted by molar-refractivity contribution is 5.71. The van der Waals surface area contributed by atoms with E-state index in [1.807, 2.05) is 0 Å². The maximum Gasteiger partial charge on any atom is 0.280 e. The summed E-state index contributed by atoms with van der Waals surface area (Å²) in [4.78, 5) is 47.3. The van der Waals surface area contributed by atoms with Gasteiger partial charge in [0.2, 0.25) is 11.9 Å². The zero-order chi connectivity index (χ0) is 29.7. The molecule has 0 saturated carbocycles. The number of imidazole rings is 2. The SMILES string of the molecule is CC(Nc1nc2c(ncn2[C@H]2C[C@H](O)[C@@H](CO)O2)c(=O)[nH]1)[C@@H](O)Nc1nc2c(ncn2[C@H]2C[C@H](O)[C@@H](CO)O2)c(=O)[nH]1. The van der Waals surface area contributed by atoms with Crippen LogP contribution in [0.25, 0.3) is 22.3 Å². The van der Waals surface area contributed by atoms with Gasteiger partial charge in [-0.3, -0.25) is 28.7 Å². The maximum atomic E-state index is 12.7. The van der Waals surface area contributed by atoms with E-state index < -0.39 is 60.3 Å². The van der Waals surface area contributed by atoms with Gasteiger partial charge in [0.15, 0.2) is 22.3 Å². The smallest absolute Gasteiger partial charge is 0.280 e. The first kappa shape index (κ1) is 28.2. The van der Waals surface area contributed by atoms with Gasteiger partial charge in [-0.25, -0.2) is 9.97 Å². The Kier molecular flexibility index (Phi) is 7.39. The van der Waals surface area contributed by atoms with Crippen molar-refractivity contribution in [1.82, 2.24) is 39.0 Å². The van der Waals surface area contributed by atoms with Crippen LogP contribution >= 0.6 is 0 Å². The predicted molar refractivity (Wildman–Crippen MR) is 142 cm³/mol. The number of anilines is 2. The molecule has 19 heteroatoms. The molecule has 2 aliphatic heterocycles. The van der Waals surface area contributed by atoms with Crippen molar-refractivity contribution in [2.75, 3.05) is 23.8 Å². The Morgan fingerprint density at radius 2 is 1.33 bits per heavy atom. The van der Waals surface area contributed by atoms with Gasteiger partial charge < -0.3 is 45.6 Å². The molecular formula is C23H30N10O9. The highest BCUT2D eigenvalue weighted by atomic mass is 16.5. The number of hydrogen-bond acceptors (Lipinski definition) is 15. The van der Waals surface area contributed by atoms with Crippen molar-refractivity contribution < 1.29 is 35.0 Å². The van der Waals surface area contributed by atoms with E-state index in [0.29, 0.717) is 0 Å². The van der Waals surface area contributed by atoms with Crippen molar-refractivity contribution in [2.45, 2.75) is 68.9 Å². The highest BCUT2D eigenvalue weighted by Crippen LogP contribution is 2.31. The topological polar surface area (TPSA) is 271 Å². The Balaban J connectivity index is 1.20. The molecule has 9 N–H and O–H groups in total. The van der Waals surface area contributed by atoms with Gasteiger partial charge in [-0.15, -0.1) is 0 Å². The Morgan fingerprint density at radius 3 is 1.76 bits per heavy atom. The van der Waals surface area contributed by atoms with E-state index in [4.69, 9.17) is 9.47 Å². The lowest BCUT2D eigenvalue weighted by Gasteiger charge is -2.22. The monoisotopic (exact) mass is 590 g/mol. The molecule has 0 aromatic carbocycles. The van der Waals surface area contributed by atoms with Crippen LogP contribution in [0.4, 0.5) is 11.9 Å². The zero-order valence-corrected chi connectivity index (χ0v) is 22.2. The summed E-state index contributed by atoms with van der Waals surface area (Å²) in [5.74, 6) is -0.0803. The summed E-state index contributed by atoms with van der Waals surface area (Å²) < 4.78 is 14.3. The number of nitrogens with zero attached hydrogens (tertiary/aromatic N) is 6. The van der Waals surface area contributed by atoms with E-state index in [2.05, 4.69) is 40.5 Å². The lowest BCUT2D eigenvalue weighted by molar-refractivity contribution is -0.0432. The van der Waals surface area contributed by atoms with Crippen LogP contribution in [-0.4, -0.2) is 114 Å². The van der Waals surface area contributed by atoms with Crippen molar-refractivity contribution >= 4 is 34.2 Å². The number of aromatic nitrogens is 8. The first-order chi connectivity index (χ1) is 20.2. The number of H-pyrrole nitrogens is 2. The molecule has 6 rings (SSSR count). The van der Waals surface area contributed by atoms with Crippen molar-refractivity contribution in [3.8, 4) is 0 Å². The van der Waals surface area contributed by atoms with Crippen molar-refractivity contribution in [3.63, 3.8) is 0 Å². The minimum atomic E-state index is -1.35. The third-order valence-corrected chi connectivity index (χ3v) is 7.38. The maximum absolute atomic E-state index is 12.7. The number of ether oxygens (including phenoxy) is 2. The zero-order valence-electron chi connectivity index (χ0n) is 22.2. The minimum Gasteiger partial charge on any atom is -0.394 e. The molecule has 8 atom stereocenters. The molecule has 226 valence electrons. The number of nitrogens with one attached hydrogen (secondary N) is 4. The van der Waals surface area contributed by atoms with Crippen LogP contribution < -0.4 is 21.8 Å².